The molecule has 0 radical (unpaired) electrons. The zero-order valence-electron chi connectivity index (χ0n) is 7.51. The van der Waals surface area contributed by atoms with Gasteiger partial charge in [0.15, 0.2) is 0 Å². The summed E-state index contributed by atoms with van der Waals surface area (Å²) in [5, 5.41) is 9.48. The molecule has 1 rings (SSSR count). The minimum absolute atomic E-state index is 0.135. The number of aliphatic hydroxyl groups is 1. The number of hydrogen-bond donors (Lipinski definition) is 2. The van der Waals surface area contributed by atoms with Crippen LogP contribution in [-0.2, 0) is 0 Å². The highest BCUT2D eigenvalue weighted by Crippen LogP contribution is 2.38. The highest BCUT2D eigenvalue weighted by molar-refractivity contribution is 4.86. The van der Waals surface area contributed by atoms with Crippen LogP contribution in [0, 0.1) is 5.41 Å². The number of aliphatic hydroxyl groups excluding tert-OH is 1. The van der Waals surface area contributed by atoms with Crippen molar-refractivity contribution in [2.24, 2.45) is 11.1 Å². The molecule has 0 aromatic carbocycles. The lowest BCUT2D eigenvalue weighted by atomic mass is 9.71. The lowest BCUT2D eigenvalue weighted by Gasteiger charge is -2.38. The second-order valence-electron chi connectivity index (χ2n) is 4.17. The van der Waals surface area contributed by atoms with Crippen LogP contribution in [0.15, 0.2) is 0 Å². The van der Waals surface area contributed by atoms with Crippen LogP contribution in [0.3, 0.4) is 0 Å². The quantitative estimate of drug-likeness (QED) is 0.602. The van der Waals surface area contributed by atoms with Crippen LogP contribution in [0.1, 0.15) is 39.5 Å². The minimum atomic E-state index is -0.185. The molecule has 2 heteroatoms. The highest BCUT2D eigenvalue weighted by atomic mass is 16.3. The second-order valence-corrected chi connectivity index (χ2v) is 4.17. The van der Waals surface area contributed by atoms with E-state index in [1.807, 2.05) is 6.92 Å². The van der Waals surface area contributed by atoms with Gasteiger partial charge in [-0.2, -0.15) is 0 Å². The third kappa shape index (κ3) is 1.94. The molecule has 0 unspecified atom stereocenters. The van der Waals surface area contributed by atoms with Gasteiger partial charge < -0.3 is 10.8 Å². The van der Waals surface area contributed by atoms with Crippen molar-refractivity contribution < 1.29 is 5.11 Å². The number of rotatable bonds is 1. The van der Waals surface area contributed by atoms with Gasteiger partial charge in [0.05, 0.1) is 6.10 Å². The van der Waals surface area contributed by atoms with E-state index in [4.69, 9.17) is 5.73 Å². The maximum absolute atomic E-state index is 9.48. The van der Waals surface area contributed by atoms with Gasteiger partial charge in [0.25, 0.3) is 0 Å². The molecule has 66 valence electrons. The van der Waals surface area contributed by atoms with Gasteiger partial charge in [0.1, 0.15) is 0 Å². The predicted molar refractivity (Wildman–Crippen MR) is 46.2 cm³/mol. The van der Waals surface area contributed by atoms with Crippen molar-refractivity contribution in [3.8, 4) is 0 Å². The van der Waals surface area contributed by atoms with E-state index in [1.165, 1.54) is 0 Å². The Bertz CT molecular complexity index is 126. The molecule has 0 aromatic heterocycles. The van der Waals surface area contributed by atoms with E-state index in [1.54, 1.807) is 0 Å². The summed E-state index contributed by atoms with van der Waals surface area (Å²) in [5.41, 5.74) is 5.91. The lowest BCUT2D eigenvalue weighted by Crippen LogP contribution is -2.38. The first-order valence-corrected chi connectivity index (χ1v) is 4.48. The predicted octanol–water partition coefficient (Wildman–Crippen LogP) is 1.27. The SMILES string of the molecule is C[C@@H](O)C1(C)CCC(N)CC1. The molecule has 1 fully saturated rings. The normalized spacial score (nSPS) is 42.0. The average molecular weight is 157 g/mol. The van der Waals surface area contributed by atoms with Crippen LogP contribution in [0.4, 0.5) is 0 Å². The van der Waals surface area contributed by atoms with Crippen LogP contribution in [0.2, 0.25) is 0 Å². The fraction of sp³-hybridized carbons (Fsp3) is 1.00. The molecule has 0 aromatic rings. The molecule has 0 aliphatic heterocycles. The third-order valence-electron chi connectivity index (χ3n) is 3.18. The summed E-state index contributed by atoms with van der Waals surface area (Å²) < 4.78 is 0. The first-order valence-electron chi connectivity index (χ1n) is 4.48. The van der Waals surface area contributed by atoms with E-state index in [9.17, 15) is 5.11 Å². The van der Waals surface area contributed by atoms with E-state index in [2.05, 4.69) is 6.92 Å². The van der Waals surface area contributed by atoms with Crippen molar-refractivity contribution in [3.05, 3.63) is 0 Å². The summed E-state index contributed by atoms with van der Waals surface area (Å²) >= 11 is 0. The standard InChI is InChI=1S/C9H19NO/c1-7(11)9(2)5-3-8(10)4-6-9/h7-8,11H,3-6,10H2,1-2H3/t7-,8?,9?/m1/s1. The Labute approximate surface area is 68.8 Å². The molecule has 0 spiro atoms. The van der Waals surface area contributed by atoms with Gasteiger partial charge in [0.2, 0.25) is 0 Å². The topological polar surface area (TPSA) is 46.2 Å². The molecular weight excluding hydrogens is 138 g/mol. The monoisotopic (exact) mass is 157 g/mol. The van der Waals surface area contributed by atoms with Crippen molar-refractivity contribution in [3.63, 3.8) is 0 Å². The molecule has 11 heavy (non-hydrogen) atoms. The molecule has 1 saturated carbocycles. The average Bonchev–Trinajstić information content (AvgIpc) is 1.95. The summed E-state index contributed by atoms with van der Waals surface area (Å²) in [5.74, 6) is 0. The molecule has 0 saturated heterocycles. The fourth-order valence-corrected chi connectivity index (χ4v) is 1.72. The maximum atomic E-state index is 9.48. The third-order valence-corrected chi connectivity index (χ3v) is 3.18. The van der Waals surface area contributed by atoms with E-state index in [0.717, 1.165) is 25.7 Å². The Hall–Kier alpha value is -0.0800. The summed E-state index contributed by atoms with van der Waals surface area (Å²) in [7, 11) is 0. The van der Waals surface area contributed by atoms with E-state index < -0.39 is 0 Å². The largest absolute Gasteiger partial charge is 0.393 e. The summed E-state index contributed by atoms with van der Waals surface area (Å²) in [4.78, 5) is 0. The Kier molecular flexibility index (Phi) is 2.55. The summed E-state index contributed by atoms with van der Waals surface area (Å²) in [6.07, 6.45) is 4.11. The van der Waals surface area contributed by atoms with Gasteiger partial charge in [-0.1, -0.05) is 6.92 Å². The van der Waals surface area contributed by atoms with Crippen molar-refractivity contribution in [2.45, 2.75) is 51.7 Å². The zero-order valence-corrected chi connectivity index (χ0v) is 7.51. The van der Waals surface area contributed by atoms with Gasteiger partial charge in [-0.15, -0.1) is 0 Å². The number of hydrogen-bond acceptors (Lipinski definition) is 2. The van der Waals surface area contributed by atoms with E-state index >= 15 is 0 Å². The first-order chi connectivity index (χ1) is 5.04. The van der Waals surface area contributed by atoms with Crippen LogP contribution in [0.5, 0.6) is 0 Å². The Morgan fingerprint density at radius 2 is 1.91 bits per heavy atom. The molecule has 1 aliphatic carbocycles. The molecule has 0 amide bonds. The molecule has 0 heterocycles. The fourth-order valence-electron chi connectivity index (χ4n) is 1.72. The molecule has 1 atom stereocenters. The number of nitrogens with two attached hydrogens (primary N) is 1. The zero-order chi connectivity index (χ0) is 8.48. The van der Waals surface area contributed by atoms with Gasteiger partial charge in [-0.25, -0.2) is 0 Å². The first kappa shape index (κ1) is 9.01. The van der Waals surface area contributed by atoms with Gasteiger partial charge in [-0.3, -0.25) is 0 Å². The lowest BCUT2D eigenvalue weighted by molar-refractivity contribution is 0.0198. The molecule has 2 nitrogen and oxygen atoms in total. The molecule has 0 bridgehead atoms. The Morgan fingerprint density at radius 3 is 2.27 bits per heavy atom. The minimum Gasteiger partial charge on any atom is -0.393 e. The van der Waals surface area contributed by atoms with Crippen LogP contribution in [-0.4, -0.2) is 17.3 Å². The van der Waals surface area contributed by atoms with Crippen molar-refractivity contribution >= 4 is 0 Å². The maximum Gasteiger partial charge on any atom is 0.0565 e. The molecule has 3 N–H and O–H groups in total. The van der Waals surface area contributed by atoms with Crippen molar-refractivity contribution in [1.82, 2.24) is 0 Å². The summed E-state index contributed by atoms with van der Waals surface area (Å²) in [6.45, 7) is 4.04. The molecule has 1 aliphatic rings. The highest BCUT2D eigenvalue weighted by Gasteiger charge is 2.33. The Morgan fingerprint density at radius 1 is 1.45 bits per heavy atom. The smallest absolute Gasteiger partial charge is 0.0565 e. The Balaban J connectivity index is 2.48. The van der Waals surface area contributed by atoms with Crippen molar-refractivity contribution in [1.29, 1.82) is 0 Å². The van der Waals surface area contributed by atoms with Gasteiger partial charge >= 0.3 is 0 Å². The molecular formula is C9H19NO. The van der Waals surface area contributed by atoms with Crippen LogP contribution in [0.25, 0.3) is 0 Å². The van der Waals surface area contributed by atoms with Gasteiger partial charge in [-0.05, 0) is 38.0 Å². The van der Waals surface area contributed by atoms with Crippen molar-refractivity contribution in [2.75, 3.05) is 0 Å². The van der Waals surface area contributed by atoms with Crippen LogP contribution >= 0.6 is 0 Å². The van der Waals surface area contributed by atoms with Crippen LogP contribution < -0.4 is 5.73 Å². The van der Waals surface area contributed by atoms with E-state index in [-0.39, 0.29) is 11.5 Å². The van der Waals surface area contributed by atoms with Gasteiger partial charge in [0, 0.05) is 6.04 Å². The van der Waals surface area contributed by atoms with E-state index in [0.29, 0.717) is 6.04 Å². The summed E-state index contributed by atoms with van der Waals surface area (Å²) in [6, 6.07) is 0.377. The second kappa shape index (κ2) is 3.11.